The third-order valence-corrected chi connectivity index (χ3v) is 6.60. The molecule has 7 heteroatoms. The van der Waals surface area contributed by atoms with Crippen LogP contribution in [-0.4, -0.2) is 64.9 Å². The predicted octanol–water partition coefficient (Wildman–Crippen LogP) is 3.17. The smallest absolute Gasteiger partial charge is 0.407 e. The van der Waals surface area contributed by atoms with Gasteiger partial charge in [-0.3, -0.25) is 9.59 Å². The molecule has 154 valence electrons. The number of likely N-dealkylation sites (tertiary alicyclic amines) is 1. The number of amides is 3. The predicted molar refractivity (Wildman–Crippen MR) is 108 cm³/mol. The topological polar surface area (TPSA) is 81.2 Å². The first-order valence-corrected chi connectivity index (χ1v) is 10.2. The number of carbonyl (C=O) groups is 3. The molecule has 29 heavy (non-hydrogen) atoms. The molecule has 4 rings (SSSR count). The van der Waals surface area contributed by atoms with Gasteiger partial charge >= 0.3 is 6.09 Å². The summed E-state index contributed by atoms with van der Waals surface area (Å²) in [6.45, 7) is 1.35. The normalized spacial score (nSPS) is 21.7. The highest BCUT2D eigenvalue weighted by Crippen LogP contribution is 2.48. The van der Waals surface area contributed by atoms with Crippen LogP contribution in [0.1, 0.15) is 58.4 Å². The molecule has 2 heterocycles. The Balaban J connectivity index is 1.65. The van der Waals surface area contributed by atoms with Crippen LogP contribution in [0.4, 0.5) is 4.79 Å². The van der Waals surface area contributed by atoms with Crippen molar-refractivity contribution in [1.82, 2.24) is 14.7 Å². The number of carbonyl (C=O) groups excluding carboxylic acids is 2. The van der Waals surface area contributed by atoms with Crippen molar-refractivity contribution in [3.05, 3.63) is 46.7 Å². The van der Waals surface area contributed by atoms with E-state index >= 15 is 0 Å². The van der Waals surface area contributed by atoms with E-state index < -0.39 is 6.09 Å². The van der Waals surface area contributed by atoms with Crippen LogP contribution in [0.15, 0.2) is 30.0 Å². The minimum absolute atomic E-state index is 0.0882. The molecule has 1 saturated carbocycles. The van der Waals surface area contributed by atoms with E-state index in [1.165, 1.54) is 15.4 Å². The molecular weight excluding hydrogens is 370 g/mol. The molecule has 1 aromatic rings. The number of carboxylic acid groups (broad SMARTS) is 1. The average molecular weight is 397 g/mol. The molecule has 0 radical (unpaired) electrons. The van der Waals surface area contributed by atoms with Gasteiger partial charge in [0.05, 0.1) is 6.54 Å². The van der Waals surface area contributed by atoms with E-state index in [4.69, 9.17) is 0 Å². The Labute approximate surface area is 170 Å². The van der Waals surface area contributed by atoms with Crippen molar-refractivity contribution in [1.29, 1.82) is 0 Å². The number of hydrogen-bond acceptors (Lipinski definition) is 3. The fraction of sp³-hybridized carbons (Fsp3) is 0.500. The summed E-state index contributed by atoms with van der Waals surface area (Å²) < 4.78 is 0. The third-order valence-electron chi connectivity index (χ3n) is 6.60. The second-order valence-corrected chi connectivity index (χ2v) is 8.56. The van der Waals surface area contributed by atoms with E-state index in [1.54, 1.807) is 37.2 Å². The van der Waals surface area contributed by atoms with Crippen molar-refractivity contribution in [2.24, 2.45) is 5.41 Å². The Morgan fingerprint density at radius 2 is 1.93 bits per heavy atom. The van der Waals surface area contributed by atoms with Crippen molar-refractivity contribution in [3.8, 4) is 0 Å². The Morgan fingerprint density at radius 3 is 2.59 bits per heavy atom. The first-order valence-electron chi connectivity index (χ1n) is 10.2. The SMILES string of the molecule is CN(C)C(=O)c1cccc2c1CN(/C=C1/CCN(C(=O)O)CC13CCCC3)C2=O. The summed E-state index contributed by atoms with van der Waals surface area (Å²) in [5.41, 5.74) is 2.94. The molecule has 1 N–H and O–H groups in total. The number of piperidine rings is 1. The molecule has 1 aromatic carbocycles. The molecule has 1 spiro atoms. The summed E-state index contributed by atoms with van der Waals surface area (Å²) in [5.74, 6) is -0.194. The van der Waals surface area contributed by atoms with Gasteiger partial charge in [-0.2, -0.15) is 0 Å². The molecule has 0 unspecified atom stereocenters. The van der Waals surface area contributed by atoms with Crippen LogP contribution in [0.3, 0.4) is 0 Å². The highest BCUT2D eigenvalue weighted by atomic mass is 16.4. The van der Waals surface area contributed by atoms with Gasteiger partial charge < -0.3 is 19.8 Å². The van der Waals surface area contributed by atoms with E-state index in [9.17, 15) is 19.5 Å². The highest BCUT2D eigenvalue weighted by molar-refractivity contribution is 6.04. The lowest BCUT2D eigenvalue weighted by atomic mass is 9.74. The van der Waals surface area contributed by atoms with Gasteiger partial charge in [-0.15, -0.1) is 0 Å². The van der Waals surface area contributed by atoms with Crippen molar-refractivity contribution >= 4 is 17.9 Å². The lowest BCUT2D eigenvalue weighted by molar-refractivity contribution is 0.0815. The molecule has 2 fully saturated rings. The first-order chi connectivity index (χ1) is 13.8. The maximum absolute atomic E-state index is 13.0. The second-order valence-electron chi connectivity index (χ2n) is 8.56. The Bertz CT molecular complexity index is 899. The zero-order valence-corrected chi connectivity index (χ0v) is 17.0. The molecule has 1 aliphatic carbocycles. The molecule has 0 aromatic heterocycles. The summed E-state index contributed by atoms with van der Waals surface area (Å²) in [5, 5.41) is 9.45. The summed E-state index contributed by atoms with van der Waals surface area (Å²) >= 11 is 0. The van der Waals surface area contributed by atoms with Crippen LogP contribution in [0, 0.1) is 5.41 Å². The fourth-order valence-corrected chi connectivity index (χ4v) is 5.05. The van der Waals surface area contributed by atoms with E-state index in [0.717, 1.165) is 31.2 Å². The van der Waals surface area contributed by atoms with Crippen LogP contribution >= 0.6 is 0 Å². The molecule has 0 atom stereocenters. The number of benzene rings is 1. The minimum atomic E-state index is -0.869. The average Bonchev–Trinajstić information content (AvgIpc) is 3.28. The quantitative estimate of drug-likeness (QED) is 0.831. The van der Waals surface area contributed by atoms with Gasteiger partial charge in [0.2, 0.25) is 0 Å². The van der Waals surface area contributed by atoms with Crippen LogP contribution in [0.5, 0.6) is 0 Å². The van der Waals surface area contributed by atoms with E-state index in [0.29, 0.717) is 37.2 Å². The largest absolute Gasteiger partial charge is 0.465 e. The Kier molecular flexibility index (Phi) is 4.84. The first kappa shape index (κ1) is 19.5. The van der Waals surface area contributed by atoms with Gasteiger partial charge in [0.15, 0.2) is 0 Å². The summed E-state index contributed by atoms with van der Waals surface area (Å²) in [6.07, 6.45) is 5.82. The van der Waals surface area contributed by atoms with E-state index in [1.807, 2.05) is 6.20 Å². The van der Waals surface area contributed by atoms with Crippen LogP contribution < -0.4 is 0 Å². The van der Waals surface area contributed by atoms with Gasteiger partial charge in [-0.25, -0.2) is 4.79 Å². The molecule has 7 nitrogen and oxygen atoms in total. The van der Waals surface area contributed by atoms with Gasteiger partial charge in [0, 0.05) is 49.9 Å². The molecule has 2 aliphatic heterocycles. The highest BCUT2D eigenvalue weighted by Gasteiger charge is 2.44. The lowest BCUT2D eigenvalue weighted by Crippen LogP contribution is -2.46. The van der Waals surface area contributed by atoms with E-state index in [2.05, 4.69) is 0 Å². The molecule has 1 saturated heterocycles. The lowest BCUT2D eigenvalue weighted by Gasteiger charge is -2.42. The minimum Gasteiger partial charge on any atom is -0.465 e. The monoisotopic (exact) mass is 397 g/mol. The zero-order valence-electron chi connectivity index (χ0n) is 17.0. The zero-order chi connectivity index (χ0) is 20.8. The van der Waals surface area contributed by atoms with Crippen LogP contribution in [0.25, 0.3) is 0 Å². The van der Waals surface area contributed by atoms with Crippen molar-refractivity contribution in [2.45, 2.75) is 38.6 Å². The number of fused-ring (bicyclic) bond motifs is 1. The van der Waals surface area contributed by atoms with Crippen molar-refractivity contribution < 1.29 is 19.5 Å². The second kappa shape index (κ2) is 7.21. The van der Waals surface area contributed by atoms with Gasteiger partial charge in [-0.05, 0) is 42.5 Å². The Hall–Kier alpha value is -2.83. The molecule has 0 bridgehead atoms. The third kappa shape index (κ3) is 3.28. The fourth-order valence-electron chi connectivity index (χ4n) is 5.05. The van der Waals surface area contributed by atoms with Gasteiger partial charge in [0.25, 0.3) is 11.8 Å². The number of rotatable bonds is 2. The Morgan fingerprint density at radius 1 is 1.21 bits per heavy atom. The molecular formula is C22H27N3O4. The van der Waals surface area contributed by atoms with Crippen LogP contribution in [0.2, 0.25) is 0 Å². The van der Waals surface area contributed by atoms with Gasteiger partial charge in [-0.1, -0.05) is 18.9 Å². The summed E-state index contributed by atoms with van der Waals surface area (Å²) in [4.78, 5) is 41.8. The standard InChI is InChI=1S/C22H27N3O4/c1-23(2)19(26)16-6-5-7-17-18(16)13-25(20(17)27)12-15-8-11-24(21(28)29)14-22(15)9-3-4-10-22/h5-7,12H,3-4,8-11,13-14H2,1-2H3,(H,28,29)/b15-12-. The maximum Gasteiger partial charge on any atom is 0.407 e. The van der Waals surface area contributed by atoms with Crippen LogP contribution in [-0.2, 0) is 6.54 Å². The number of hydrogen-bond donors (Lipinski definition) is 1. The number of nitrogens with zero attached hydrogens (tertiary/aromatic N) is 3. The van der Waals surface area contributed by atoms with Gasteiger partial charge in [0.1, 0.15) is 0 Å². The summed E-state index contributed by atoms with van der Waals surface area (Å²) in [6, 6.07) is 5.31. The molecule has 3 aliphatic rings. The van der Waals surface area contributed by atoms with Crippen molar-refractivity contribution in [3.63, 3.8) is 0 Å². The summed E-state index contributed by atoms with van der Waals surface area (Å²) in [7, 11) is 3.41. The molecule has 3 amide bonds. The van der Waals surface area contributed by atoms with E-state index in [-0.39, 0.29) is 17.2 Å². The van der Waals surface area contributed by atoms with Crippen molar-refractivity contribution in [2.75, 3.05) is 27.2 Å². The maximum atomic E-state index is 13.0.